The molecule has 31 heavy (non-hydrogen) atoms. The summed E-state index contributed by atoms with van der Waals surface area (Å²) in [7, 11) is 1.76. The highest BCUT2D eigenvalue weighted by molar-refractivity contribution is 5.68. The van der Waals surface area contributed by atoms with E-state index < -0.39 is 0 Å². The smallest absolute Gasteiger partial charge is 0.280 e. The number of anilines is 1. The Morgan fingerprint density at radius 3 is 2.77 bits per heavy atom. The number of para-hydroxylation sites is 1. The van der Waals surface area contributed by atoms with Crippen LogP contribution < -0.4 is 10.5 Å². The molecule has 154 valence electrons. The number of nitrogens with zero attached hydrogens (tertiary/aromatic N) is 8. The zero-order valence-electron chi connectivity index (χ0n) is 16.7. The number of aromatic nitrogens is 6. The van der Waals surface area contributed by atoms with E-state index in [1.165, 1.54) is 10.9 Å². The van der Waals surface area contributed by atoms with E-state index in [1.807, 2.05) is 24.3 Å². The molecular weight excluding hydrogens is 396 g/mol. The van der Waals surface area contributed by atoms with Crippen LogP contribution in [-0.2, 0) is 13.6 Å². The molecule has 1 aliphatic heterocycles. The van der Waals surface area contributed by atoms with Crippen LogP contribution in [-0.4, -0.2) is 42.3 Å². The molecule has 1 saturated carbocycles. The van der Waals surface area contributed by atoms with Crippen molar-refractivity contribution in [3.63, 3.8) is 0 Å². The first kappa shape index (κ1) is 17.8. The summed E-state index contributed by atoms with van der Waals surface area (Å²) in [6, 6.07) is 9.96. The maximum Gasteiger partial charge on any atom is 0.280 e. The molecule has 1 saturated heterocycles. The molecule has 10 heteroatoms. The molecule has 2 fully saturated rings. The van der Waals surface area contributed by atoms with Gasteiger partial charge in [-0.1, -0.05) is 17.3 Å². The highest BCUT2D eigenvalue weighted by Crippen LogP contribution is 2.58. The summed E-state index contributed by atoms with van der Waals surface area (Å²) >= 11 is 0. The minimum Gasteiger partial charge on any atom is -0.370 e. The molecule has 6 rings (SSSR count). The van der Waals surface area contributed by atoms with Crippen LogP contribution >= 0.6 is 0 Å². The van der Waals surface area contributed by atoms with Crippen LogP contribution in [0.2, 0.25) is 0 Å². The number of rotatable bonds is 4. The van der Waals surface area contributed by atoms with Gasteiger partial charge in [-0.05, 0) is 24.0 Å². The highest BCUT2D eigenvalue weighted by atomic mass is 16.5. The van der Waals surface area contributed by atoms with Gasteiger partial charge >= 0.3 is 0 Å². The summed E-state index contributed by atoms with van der Waals surface area (Å²) in [6.07, 6.45) is 3.02. The Kier molecular flexibility index (Phi) is 3.74. The third kappa shape index (κ3) is 2.73. The van der Waals surface area contributed by atoms with E-state index in [-0.39, 0.29) is 18.0 Å². The minimum absolute atomic E-state index is 0.170. The van der Waals surface area contributed by atoms with E-state index in [2.05, 4.69) is 31.1 Å². The lowest BCUT2D eigenvalue weighted by Gasteiger charge is -2.22. The molecule has 3 aromatic heterocycles. The van der Waals surface area contributed by atoms with Gasteiger partial charge in [-0.25, -0.2) is 9.97 Å². The number of hydrogen-bond acceptors (Lipinski definition) is 8. The summed E-state index contributed by atoms with van der Waals surface area (Å²) in [6.45, 7) is 1.92. The predicted molar refractivity (Wildman–Crippen MR) is 109 cm³/mol. The molecule has 1 aromatic carbocycles. The molecule has 2 aliphatic rings. The number of benzene rings is 1. The summed E-state index contributed by atoms with van der Waals surface area (Å²) < 4.78 is 8.54. The molecular formula is C21H18N8O2. The van der Waals surface area contributed by atoms with Gasteiger partial charge < -0.3 is 14.0 Å². The molecule has 0 spiro atoms. The van der Waals surface area contributed by atoms with E-state index in [0.29, 0.717) is 40.3 Å². The maximum absolute atomic E-state index is 12.7. The summed E-state index contributed by atoms with van der Waals surface area (Å²) in [5, 5.41) is 13.5. The van der Waals surface area contributed by atoms with Gasteiger partial charge in [0, 0.05) is 26.1 Å². The van der Waals surface area contributed by atoms with Gasteiger partial charge in [0.05, 0.1) is 17.6 Å². The van der Waals surface area contributed by atoms with Gasteiger partial charge in [-0.2, -0.15) is 10.2 Å². The van der Waals surface area contributed by atoms with Crippen LogP contribution in [0.25, 0.3) is 11.2 Å². The third-order valence-electron chi connectivity index (χ3n) is 6.35. The number of imidazole rings is 1. The van der Waals surface area contributed by atoms with E-state index in [0.717, 1.165) is 18.8 Å². The van der Waals surface area contributed by atoms with Gasteiger partial charge in [0.15, 0.2) is 17.0 Å². The van der Waals surface area contributed by atoms with Crippen LogP contribution in [0.1, 0.15) is 23.2 Å². The molecule has 0 amide bonds. The first-order chi connectivity index (χ1) is 15.1. The Bertz CT molecular complexity index is 1400. The zero-order chi connectivity index (χ0) is 21.1. The van der Waals surface area contributed by atoms with Crippen molar-refractivity contribution in [2.24, 2.45) is 18.9 Å². The summed E-state index contributed by atoms with van der Waals surface area (Å²) in [5.74, 6) is 2.25. The van der Waals surface area contributed by atoms with E-state index in [4.69, 9.17) is 4.52 Å². The van der Waals surface area contributed by atoms with Crippen molar-refractivity contribution >= 4 is 16.9 Å². The Hall–Kier alpha value is -4.00. The van der Waals surface area contributed by atoms with E-state index in [1.54, 1.807) is 17.9 Å². The molecule has 0 N–H and O–H groups in total. The van der Waals surface area contributed by atoms with Gasteiger partial charge in [0.1, 0.15) is 18.9 Å². The average molecular weight is 414 g/mol. The Morgan fingerprint density at radius 2 is 1.97 bits per heavy atom. The normalized spacial score (nSPS) is 21.9. The summed E-state index contributed by atoms with van der Waals surface area (Å²) in [4.78, 5) is 27.8. The fourth-order valence-electron chi connectivity index (χ4n) is 4.75. The molecule has 4 heterocycles. The van der Waals surface area contributed by atoms with Crippen molar-refractivity contribution < 1.29 is 4.52 Å². The SMILES string of the molecule is Cn1cnc2ncn(Cc3nc([C@H]4[C@@H]5CN(c6ccccc6C#N)C[C@@H]54)no3)c(=O)c21. The maximum atomic E-state index is 12.7. The highest BCUT2D eigenvalue weighted by Gasteiger charge is 2.58. The Balaban J connectivity index is 1.17. The fraction of sp³-hybridized carbons (Fsp3) is 0.333. The molecule has 0 bridgehead atoms. The van der Waals surface area contributed by atoms with Crippen molar-refractivity contribution in [3.05, 3.63) is 64.6 Å². The lowest BCUT2D eigenvalue weighted by Crippen LogP contribution is -2.24. The van der Waals surface area contributed by atoms with Gasteiger partial charge in [0.2, 0.25) is 5.89 Å². The minimum atomic E-state index is -0.195. The van der Waals surface area contributed by atoms with E-state index >= 15 is 0 Å². The number of nitriles is 1. The quantitative estimate of drug-likeness (QED) is 0.490. The summed E-state index contributed by atoms with van der Waals surface area (Å²) in [5.41, 5.74) is 2.36. The molecule has 0 radical (unpaired) electrons. The number of hydrogen-bond donors (Lipinski definition) is 0. The third-order valence-corrected chi connectivity index (χ3v) is 6.35. The first-order valence-electron chi connectivity index (χ1n) is 10.1. The van der Waals surface area contributed by atoms with E-state index in [9.17, 15) is 10.1 Å². The molecule has 1 aliphatic carbocycles. The topological polar surface area (TPSA) is 119 Å². The Labute approximate surface area is 176 Å². The van der Waals surface area contributed by atoms with Crippen molar-refractivity contribution in [1.29, 1.82) is 5.26 Å². The molecule has 4 aromatic rings. The van der Waals surface area contributed by atoms with Crippen LogP contribution in [0.3, 0.4) is 0 Å². The van der Waals surface area contributed by atoms with Crippen LogP contribution in [0.5, 0.6) is 0 Å². The zero-order valence-corrected chi connectivity index (χ0v) is 16.7. The first-order valence-corrected chi connectivity index (χ1v) is 10.1. The fourth-order valence-corrected chi connectivity index (χ4v) is 4.75. The second-order valence-electron chi connectivity index (χ2n) is 8.14. The standard InChI is InChI=1S/C21H18N8O2/c1-27-10-23-20-18(27)21(30)29(11-24-20)9-16-25-19(26-31-16)17-13-7-28(8-14(13)17)15-5-3-2-4-12(15)6-22/h2-5,10-11,13-14,17H,7-9H2,1H3/t13-,14+,17+. The largest absolute Gasteiger partial charge is 0.370 e. The van der Waals surface area contributed by atoms with Gasteiger partial charge in [-0.3, -0.25) is 9.36 Å². The molecule has 3 atom stereocenters. The van der Waals surface area contributed by atoms with Crippen molar-refractivity contribution in [2.45, 2.75) is 12.5 Å². The van der Waals surface area contributed by atoms with Gasteiger partial charge in [0.25, 0.3) is 5.56 Å². The predicted octanol–water partition coefficient (Wildman–Crippen LogP) is 1.28. The second-order valence-corrected chi connectivity index (χ2v) is 8.14. The van der Waals surface area contributed by atoms with Crippen molar-refractivity contribution in [2.75, 3.05) is 18.0 Å². The van der Waals surface area contributed by atoms with Crippen molar-refractivity contribution in [3.8, 4) is 6.07 Å². The molecule has 0 unspecified atom stereocenters. The number of fused-ring (bicyclic) bond motifs is 2. The number of aryl methyl sites for hydroxylation is 1. The lowest BCUT2D eigenvalue weighted by atomic mass is 10.1. The van der Waals surface area contributed by atoms with Crippen LogP contribution in [0.4, 0.5) is 5.69 Å². The lowest BCUT2D eigenvalue weighted by molar-refractivity contribution is 0.363. The monoisotopic (exact) mass is 414 g/mol. The van der Waals surface area contributed by atoms with Crippen LogP contribution in [0, 0.1) is 23.2 Å². The van der Waals surface area contributed by atoms with Crippen molar-refractivity contribution in [1.82, 2.24) is 29.2 Å². The molecule has 10 nitrogen and oxygen atoms in total. The number of piperidine rings is 1. The Morgan fingerprint density at radius 1 is 1.19 bits per heavy atom. The average Bonchev–Trinajstić information content (AvgIpc) is 3.21. The van der Waals surface area contributed by atoms with Gasteiger partial charge in [-0.15, -0.1) is 0 Å². The van der Waals surface area contributed by atoms with Crippen LogP contribution in [0.15, 0.2) is 46.2 Å². The second kappa shape index (κ2) is 6.50.